The number of fused-ring (bicyclic) bond motifs is 5. The average molecular weight is 575 g/mol. The third-order valence-electron chi connectivity index (χ3n) is 12.0. The number of carbonyl (C=O) groups is 2. The maximum atomic E-state index is 13.0. The Hall–Kier alpha value is -0.710. The van der Waals surface area contributed by atoms with Gasteiger partial charge in [0.05, 0.1) is 0 Å². The van der Waals surface area contributed by atoms with E-state index < -0.39 is 0 Å². The summed E-state index contributed by atoms with van der Waals surface area (Å²) in [4.78, 5) is 27.5. The number of hydrogen-bond donors (Lipinski definition) is 1. The van der Waals surface area contributed by atoms with Crippen LogP contribution in [0, 0.1) is 28.6 Å². The lowest BCUT2D eigenvalue weighted by Crippen LogP contribution is -2.62. The van der Waals surface area contributed by atoms with Crippen molar-refractivity contribution in [3.63, 3.8) is 0 Å². The van der Waals surface area contributed by atoms with Gasteiger partial charge in [0, 0.05) is 36.7 Å². The van der Waals surface area contributed by atoms with Crippen molar-refractivity contribution in [2.24, 2.45) is 28.6 Å². The van der Waals surface area contributed by atoms with E-state index in [0.29, 0.717) is 35.1 Å². The molecule has 1 N–H and O–H groups in total. The number of nitrogens with one attached hydrogen (secondary N) is 1. The predicted octanol–water partition coefficient (Wildman–Crippen LogP) is 8.77. The van der Waals surface area contributed by atoms with E-state index in [0.717, 1.165) is 43.4 Å². The number of amides is 2. The molecule has 0 aromatic carbocycles. The molecule has 4 nitrogen and oxygen atoms in total. The number of carbonyl (C=O) groups excluding carboxylic acids is 2. The number of piperidine rings is 1. The molecule has 40 heavy (non-hydrogen) atoms. The van der Waals surface area contributed by atoms with Crippen molar-refractivity contribution in [3.8, 4) is 0 Å². The molecule has 0 radical (unpaired) electrons. The Morgan fingerprint density at radius 2 is 1.48 bits per heavy atom. The maximum absolute atomic E-state index is 13.0. The summed E-state index contributed by atoms with van der Waals surface area (Å²) in [6.07, 6.45) is 21.6. The molecule has 2 amide bonds. The summed E-state index contributed by atoms with van der Waals surface area (Å²) in [5, 5.41) is 3.54. The molecule has 0 aromatic heterocycles. The predicted molar refractivity (Wildman–Crippen MR) is 170 cm³/mol. The number of likely N-dealkylation sites (tertiary alicyclic amines) is 1. The fourth-order valence-corrected chi connectivity index (χ4v) is 10.6. The van der Waals surface area contributed by atoms with E-state index in [1.54, 1.807) is 0 Å². The molecule has 230 valence electrons. The molecular formula is C35H62N2O2S. The molecule has 4 aliphatic rings. The molecule has 0 aromatic rings. The molecule has 0 spiro atoms. The van der Waals surface area contributed by atoms with E-state index in [1.165, 1.54) is 89.2 Å². The SMILES string of the molecule is CN1C(=O)CC[C@]2(C)[C@H]3CC[C@]4(C)[C@@H](NC(=O)CCCCCCCCCCCSC(C)(C)C)CC[C@H]4[C@@H]3CC[C@@H]12. The van der Waals surface area contributed by atoms with E-state index in [4.69, 9.17) is 0 Å². The van der Waals surface area contributed by atoms with Crippen LogP contribution in [0.2, 0.25) is 0 Å². The minimum Gasteiger partial charge on any atom is -0.353 e. The van der Waals surface area contributed by atoms with Crippen LogP contribution in [-0.4, -0.2) is 46.3 Å². The van der Waals surface area contributed by atoms with Gasteiger partial charge >= 0.3 is 0 Å². The zero-order chi connectivity index (χ0) is 29.0. The number of rotatable bonds is 13. The van der Waals surface area contributed by atoms with Crippen molar-refractivity contribution in [2.45, 2.75) is 167 Å². The summed E-state index contributed by atoms with van der Waals surface area (Å²) < 4.78 is 0.405. The molecule has 4 rings (SSSR count). The Labute approximate surface area is 251 Å². The average Bonchev–Trinajstić information content (AvgIpc) is 3.22. The second kappa shape index (κ2) is 13.7. The number of hydrogen-bond acceptors (Lipinski definition) is 3. The van der Waals surface area contributed by atoms with Crippen LogP contribution in [0.25, 0.3) is 0 Å². The Balaban J connectivity index is 1.12. The van der Waals surface area contributed by atoms with Crippen LogP contribution in [-0.2, 0) is 9.59 Å². The van der Waals surface area contributed by atoms with Crippen LogP contribution in [0.15, 0.2) is 0 Å². The van der Waals surface area contributed by atoms with Crippen LogP contribution < -0.4 is 5.32 Å². The van der Waals surface area contributed by atoms with Crippen LogP contribution in [0.1, 0.15) is 150 Å². The summed E-state index contributed by atoms with van der Waals surface area (Å²) in [5.74, 6) is 4.18. The van der Waals surface area contributed by atoms with Gasteiger partial charge in [0.1, 0.15) is 0 Å². The van der Waals surface area contributed by atoms with Gasteiger partial charge in [-0.1, -0.05) is 79.6 Å². The normalized spacial score (nSPS) is 35.7. The summed E-state index contributed by atoms with van der Waals surface area (Å²) in [6.45, 7) is 11.9. The van der Waals surface area contributed by atoms with Crippen molar-refractivity contribution in [3.05, 3.63) is 0 Å². The monoisotopic (exact) mass is 574 g/mol. The highest BCUT2D eigenvalue weighted by molar-refractivity contribution is 8.00. The molecule has 4 fully saturated rings. The molecule has 1 saturated heterocycles. The fraction of sp³-hybridized carbons (Fsp3) is 0.943. The zero-order valence-corrected chi connectivity index (χ0v) is 27.8. The van der Waals surface area contributed by atoms with Gasteiger partial charge in [0.2, 0.25) is 11.8 Å². The van der Waals surface area contributed by atoms with E-state index in [2.05, 4.69) is 63.6 Å². The van der Waals surface area contributed by atoms with Crippen LogP contribution in [0.3, 0.4) is 0 Å². The highest BCUT2D eigenvalue weighted by Crippen LogP contribution is 2.64. The van der Waals surface area contributed by atoms with Gasteiger partial charge < -0.3 is 10.2 Å². The Kier molecular flexibility index (Phi) is 11.0. The van der Waals surface area contributed by atoms with E-state index in [1.807, 2.05) is 0 Å². The first kappa shape index (κ1) is 32.2. The minimum atomic E-state index is 0.252. The number of nitrogens with zero attached hydrogens (tertiary/aromatic N) is 1. The second-order valence-corrected chi connectivity index (χ2v) is 17.5. The molecule has 3 aliphatic carbocycles. The highest BCUT2D eigenvalue weighted by atomic mass is 32.2. The molecule has 0 unspecified atom stereocenters. The Morgan fingerprint density at radius 1 is 0.850 bits per heavy atom. The van der Waals surface area contributed by atoms with Crippen molar-refractivity contribution in [1.29, 1.82) is 0 Å². The van der Waals surface area contributed by atoms with Gasteiger partial charge in [0.15, 0.2) is 0 Å². The van der Waals surface area contributed by atoms with Crippen molar-refractivity contribution in [1.82, 2.24) is 10.2 Å². The topological polar surface area (TPSA) is 49.4 Å². The quantitative estimate of drug-likeness (QED) is 0.224. The van der Waals surface area contributed by atoms with Gasteiger partial charge in [0.25, 0.3) is 0 Å². The van der Waals surface area contributed by atoms with E-state index >= 15 is 0 Å². The standard InChI is InChI=1S/C35H62N2O2S/c1-33(2,3)40-25-15-13-11-9-7-8-10-12-14-16-31(38)36-29-19-18-27-26-17-20-30-35(5,24-22-32(39)37(30)6)28(26)21-23-34(27,29)4/h26-30H,7-25H2,1-6H3,(H,36,38)/t26-,27-,28-,29-,30+,34-,35+/m0/s1. The van der Waals surface area contributed by atoms with Gasteiger partial charge in [-0.25, -0.2) is 0 Å². The third kappa shape index (κ3) is 7.43. The zero-order valence-electron chi connectivity index (χ0n) is 27.0. The highest BCUT2D eigenvalue weighted by Gasteiger charge is 2.61. The summed E-state index contributed by atoms with van der Waals surface area (Å²) in [6, 6.07) is 0.785. The summed E-state index contributed by atoms with van der Waals surface area (Å²) >= 11 is 2.09. The van der Waals surface area contributed by atoms with Gasteiger partial charge in [-0.05, 0) is 92.1 Å². The van der Waals surface area contributed by atoms with Crippen molar-refractivity contribution >= 4 is 23.6 Å². The van der Waals surface area contributed by atoms with Gasteiger partial charge in [-0.2, -0.15) is 11.8 Å². The number of unbranched alkanes of at least 4 members (excludes halogenated alkanes) is 8. The molecule has 5 heteroatoms. The molecule has 7 atom stereocenters. The smallest absolute Gasteiger partial charge is 0.222 e. The maximum Gasteiger partial charge on any atom is 0.222 e. The molecule has 1 aliphatic heterocycles. The number of thioether (sulfide) groups is 1. The fourth-order valence-electron chi connectivity index (χ4n) is 9.66. The third-order valence-corrected chi connectivity index (χ3v) is 13.3. The molecular weight excluding hydrogens is 512 g/mol. The summed E-state index contributed by atoms with van der Waals surface area (Å²) in [5.41, 5.74) is 0.529. The van der Waals surface area contributed by atoms with Gasteiger partial charge in [-0.15, -0.1) is 0 Å². The lowest BCUT2D eigenvalue weighted by atomic mass is 9.47. The first-order valence-corrected chi connectivity index (χ1v) is 18.1. The Bertz CT molecular complexity index is 855. The first-order chi connectivity index (χ1) is 19.0. The summed E-state index contributed by atoms with van der Waals surface area (Å²) in [7, 11) is 2.05. The van der Waals surface area contributed by atoms with Crippen LogP contribution in [0.4, 0.5) is 0 Å². The largest absolute Gasteiger partial charge is 0.353 e. The second-order valence-electron chi connectivity index (χ2n) is 15.6. The van der Waals surface area contributed by atoms with Crippen LogP contribution >= 0.6 is 11.8 Å². The van der Waals surface area contributed by atoms with Crippen molar-refractivity contribution < 1.29 is 9.59 Å². The molecule has 0 bridgehead atoms. The Morgan fingerprint density at radius 3 is 2.15 bits per heavy atom. The molecule has 3 saturated carbocycles. The first-order valence-electron chi connectivity index (χ1n) is 17.1. The lowest BCUT2D eigenvalue weighted by molar-refractivity contribution is -0.157. The lowest BCUT2D eigenvalue weighted by Gasteiger charge is -2.61. The minimum absolute atomic E-state index is 0.252. The van der Waals surface area contributed by atoms with E-state index in [9.17, 15) is 9.59 Å². The van der Waals surface area contributed by atoms with Crippen LogP contribution in [0.5, 0.6) is 0 Å². The van der Waals surface area contributed by atoms with E-state index in [-0.39, 0.29) is 10.8 Å². The van der Waals surface area contributed by atoms with Gasteiger partial charge in [-0.3, -0.25) is 9.59 Å². The van der Waals surface area contributed by atoms with Crippen molar-refractivity contribution in [2.75, 3.05) is 12.8 Å². The molecule has 1 heterocycles.